The number of piperidine rings is 1. The van der Waals surface area contributed by atoms with Gasteiger partial charge in [0.15, 0.2) is 0 Å². The number of phenols is 1. The van der Waals surface area contributed by atoms with E-state index in [1.54, 1.807) is 23.1 Å². The van der Waals surface area contributed by atoms with Crippen LogP contribution in [0, 0.1) is 0 Å². The molecule has 1 fully saturated rings. The van der Waals surface area contributed by atoms with E-state index in [0.717, 1.165) is 11.1 Å². The quantitative estimate of drug-likeness (QED) is 0.742. The molecule has 2 aliphatic rings. The number of nitrogens with two attached hydrogens (primary N) is 1. The molecule has 130 valence electrons. The van der Waals surface area contributed by atoms with Gasteiger partial charge in [0, 0.05) is 18.5 Å². The van der Waals surface area contributed by atoms with Crippen molar-refractivity contribution in [2.24, 2.45) is 5.73 Å². The molecule has 1 aliphatic heterocycles. The second-order valence-electron chi connectivity index (χ2n) is 7.02. The highest BCUT2D eigenvalue weighted by atomic mass is 16.3. The fourth-order valence-corrected chi connectivity index (χ4v) is 4.41. The summed E-state index contributed by atoms with van der Waals surface area (Å²) in [4.78, 5) is 14.4. The van der Waals surface area contributed by atoms with Crippen LogP contribution in [0.2, 0.25) is 0 Å². The third-order valence-corrected chi connectivity index (χ3v) is 5.84. The fraction of sp³-hybridized carbons (Fsp3) is 0.350. The average Bonchev–Trinajstić information content (AvgIpc) is 2.85. The number of aliphatic hydroxyl groups is 1. The predicted octanol–water partition coefficient (Wildman–Crippen LogP) is 1.94. The van der Waals surface area contributed by atoms with Crippen molar-refractivity contribution in [3.05, 3.63) is 65.2 Å². The normalized spacial score (nSPS) is 24.3. The molecule has 0 bridgehead atoms. The molecule has 1 amide bonds. The summed E-state index contributed by atoms with van der Waals surface area (Å²) < 4.78 is 0. The molecule has 5 heteroatoms. The third-order valence-electron chi connectivity index (χ3n) is 5.84. The monoisotopic (exact) mass is 338 g/mol. The summed E-state index contributed by atoms with van der Waals surface area (Å²) >= 11 is 0. The molecule has 4 N–H and O–H groups in total. The van der Waals surface area contributed by atoms with Gasteiger partial charge in [0.1, 0.15) is 5.75 Å². The lowest BCUT2D eigenvalue weighted by molar-refractivity contribution is 0.0261. The van der Waals surface area contributed by atoms with Crippen molar-refractivity contribution >= 4 is 5.91 Å². The van der Waals surface area contributed by atoms with Crippen molar-refractivity contribution in [3.8, 4) is 5.75 Å². The minimum atomic E-state index is -0.632. The Morgan fingerprint density at radius 2 is 1.72 bits per heavy atom. The van der Waals surface area contributed by atoms with Gasteiger partial charge in [-0.05, 0) is 36.1 Å². The van der Waals surface area contributed by atoms with Gasteiger partial charge < -0.3 is 20.8 Å². The summed E-state index contributed by atoms with van der Waals surface area (Å²) in [7, 11) is 0. The summed E-state index contributed by atoms with van der Waals surface area (Å²) in [5.74, 6) is -0.168. The van der Waals surface area contributed by atoms with E-state index in [2.05, 4.69) is 0 Å². The van der Waals surface area contributed by atoms with Gasteiger partial charge in [0.25, 0.3) is 5.91 Å². The second kappa shape index (κ2) is 5.86. The number of nitrogens with zero attached hydrogens (tertiary/aromatic N) is 1. The highest BCUT2D eigenvalue weighted by molar-refractivity contribution is 5.96. The van der Waals surface area contributed by atoms with Crippen molar-refractivity contribution in [2.45, 2.75) is 30.4 Å². The van der Waals surface area contributed by atoms with E-state index in [0.29, 0.717) is 31.5 Å². The van der Waals surface area contributed by atoms with E-state index >= 15 is 0 Å². The molecule has 1 heterocycles. The van der Waals surface area contributed by atoms with E-state index in [1.807, 2.05) is 24.3 Å². The van der Waals surface area contributed by atoms with Gasteiger partial charge in [-0.15, -0.1) is 0 Å². The molecular formula is C20H22N2O3. The summed E-state index contributed by atoms with van der Waals surface area (Å²) in [6, 6.07) is 14.2. The molecule has 0 radical (unpaired) electrons. The zero-order valence-corrected chi connectivity index (χ0v) is 13.9. The number of benzene rings is 2. The molecule has 0 aromatic heterocycles. The third kappa shape index (κ3) is 2.34. The van der Waals surface area contributed by atoms with Crippen LogP contribution in [0.3, 0.4) is 0 Å². The van der Waals surface area contributed by atoms with Gasteiger partial charge in [-0.2, -0.15) is 0 Å². The maximum absolute atomic E-state index is 12.7. The highest BCUT2D eigenvalue weighted by Crippen LogP contribution is 2.50. The van der Waals surface area contributed by atoms with Crippen molar-refractivity contribution < 1.29 is 15.0 Å². The van der Waals surface area contributed by atoms with Gasteiger partial charge in [-0.3, -0.25) is 4.79 Å². The maximum atomic E-state index is 12.7. The van der Waals surface area contributed by atoms with Crippen molar-refractivity contribution in [3.63, 3.8) is 0 Å². The molecule has 2 atom stereocenters. The largest absolute Gasteiger partial charge is 0.507 e. The van der Waals surface area contributed by atoms with Gasteiger partial charge in [0.2, 0.25) is 0 Å². The Balaban J connectivity index is 1.58. The van der Waals surface area contributed by atoms with Gasteiger partial charge in [-0.25, -0.2) is 0 Å². The van der Waals surface area contributed by atoms with Gasteiger partial charge in [-0.1, -0.05) is 36.4 Å². The smallest absolute Gasteiger partial charge is 0.257 e. The maximum Gasteiger partial charge on any atom is 0.257 e. The van der Waals surface area contributed by atoms with Crippen LogP contribution < -0.4 is 5.73 Å². The van der Waals surface area contributed by atoms with Gasteiger partial charge in [0.05, 0.1) is 17.7 Å². The van der Waals surface area contributed by atoms with Crippen LogP contribution in [0.1, 0.15) is 40.4 Å². The predicted molar refractivity (Wildman–Crippen MR) is 94.3 cm³/mol. The first-order valence-electron chi connectivity index (χ1n) is 8.65. The molecule has 0 saturated carbocycles. The number of carbonyl (C=O) groups excluding carboxylic acids is 1. The number of carbonyl (C=O) groups is 1. The Morgan fingerprint density at radius 1 is 1.08 bits per heavy atom. The zero-order chi connectivity index (χ0) is 17.6. The molecular weight excluding hydrogens is 316 g/mol. The number of phenolic OH excluding ortho intramolecular Hbond substituents is 1. The highest BCUT2D eigenvalue weighted by Gasteiger charge is 2.51. The molecule has 4 rings (SSSR count). The van der Waals surface area contributed by atoms with Crippen LogP contribution in [-0.4, -0.2) is 40.2 Å². The van der Waals surface area contributed by atoms with Crippen LogP contribution in [0.25, 0.3) is 0 Å². The average molecular weight is 338 g/mol. The topological polar surface area (TPSA) is 86.8 Å². The fourth-order valence-electron chi connectivity index (χ4n) is 4.41. The minimum absolute atomic E-state index is 0.000977. The van der Waals surface area contributed by atoms with Crippen LogP contribution >= 0.6 is 0 Å². The van der Waals surface area contributed by atoms with Crippen LogP contribution in [-0.2, 0) is 5.41 Å². The lowest BCUT2D eigenvalue weighted by Crippen LogP contribution is -2.50. The molecule has 1 saturated heterocycles. The Hall–Kier alpha value is -2.37. The number of hydrogen-bond acceptors (Lipinski definition) is 4. The number of likely N-dealkylation sites (tertiary alicyclic amines) is 1. The molecule has 2 aromatic carbocycles. The number of hydrogen-bond donors (Lipinski definition) is 3. The first-order valence-corrected chi connectivity index (χ1v) is 8.65. The lowest BCUT2D eigenvalue weighted by Gasteiger charge is -2.42. The summed E-state index contributed by atoms with van der Waals surface area (Å²) in [6.45, 7) is 1.07. The Bertz CT molecular complexity index is 812. The standard InChI is InChI=1S/C20H22N2O3/c21-17-13-5-1-3-7-15(13)20(18(17)24)9-11-22(12-10-20)19(25)14-6-2-4-8-16(14)23/h1-8,17-18,23-24H,9-12,21H2/t17-,18+/m0/s1. The lowest BCUT2D eigenvalue weighted by atomic mass is 9.72. The van der Waals surface area contributed by atoms with Gasteiger partial charge >= 0.3 is 0 Å². The van der Waals surface area contributed by atoms with Crippen LogP contribution in [0.15, 0.2) is 48.5 Å². The van der Waals surface area contributed by atoms with Crippen molar-refractivity contribution in [1.82, 2.24) is 4.90 Å². The summed E-state index contributed by atoms with van der Waals surface area (Å²) in [5.41, 5.74) is 8.30. The Morgan fingerprint density at radius 3 is 2.44 bits per heavy atom. The van der Waals surface area contributed by atoms with E-state index < -0.39 is 6.10 Å². The summed E-state index contributed by atoms with van der Waals surface area (Å²) in [6.07, 6.45) is 0.698. The molecule has 2 aromatic rings. The minimum Gasteiger partial charge on any atom is -0.507 e. The zero-order valence-electron chi connectivity index (χ0n) is 13.9. The van der Waals surface area contributed by atoms with E-state index in [4.69, 9.17) is 5.73 Å². The van der Waals surface area contributed by atoms with E-state index in [9.17, 15) is 15.0 Å². The molecule has 1 spiro atoms. The van der Waals surface area contributed by atoms with E-state index in [-0.39, 0.29) is 23.1 Å². The molecule has 0 unspecified atom stereocenters. The van der Waals surface area contributed by atoms with E-state index in [1.165, 1.54) is 6.07 Å². The summed E-state index contributed by atoms with van der Waals surface area (Å²) in [5, 5.41) is 20.7. The van der Waals surface area contributed by atoms with Crippen molar-refractivity contribution in [1.29, 1.82) is 0 Å². The first-order chi connectivity index (χ1) is 12.0. The number of amides is 1. The number of rotatable bonds is 1. The molecule has 5 nitrogen and oxygen atoms in total. The number of para-hydroxylation sites is 1. The first kappa shape index (κ1) is 16.1. The number of fused-ring (bicyclic) bond motifs is 2. The van der Waals surface area contributed by atoms with Crippen LogP contribution in [0.4, 0.5) is 0 Å². The Kier molecular flexibility index (Phi) is 3.78. The molecule has 25 heavy (non-hydrogen) atoms. The van der Waals surface area contributed by atoms with Crippen LogP contribution in [0.5, 0.6) is 5.75 Å². The molecule has 1 aliphatic carbocycles. The second-order valence-corrected chi connectivity index (χ2v) is 7.02. The Labute approximate surface area is 146 Å². The number of aliphatic hydroxyl groups excluding tert-OH is 1. The van der Waals surface area contributed by atoms with Crippen molar-refractivity contribution in [2.75, 3.05) is 13.1 Å². The SMILES string of the molecule is N[C@H]1c2ccccc2C2(CCN(C(=O)c3ccccc3O)CC2)[C@@H]1O. The number of aromatic hydroxyl groups is 1.